The van der Waals surface area contributed by atoms with Crippen molar-refractivity contribution in [3.05, 3.63) is 94.4 Å². The number of carbonyl (C=O) groups is 1. The summed E-state index contributed by atoms with van der Waals surface area (Å²) in [5.41, 5.74) is 1.14. The van der Waals surface area contributed by atoms with Gasteiger partial charge < -0.3 is 9.47 Å². The van der Waals surface area contributed by atoms with Crippen molar-refractivity contribution in [2.75, 3.05) is 18.1 Å². The molecule has 0 saturated carbocycles. The molecule has 1 aliphatic heterocycles. The topological polar surface area (TPSA) is 38.8 Å². The lowest BCUT2D eigenvalue weighted by Crippen LogP contribution is -2.27. The first-order valence-corrected chi connectivity index (χ1v) is 11.8. The number of alkyl halides is 3. The average molecular weight is 516 g/mol. The first kappa shape index (κ1) is 24.8. The van der Waals surface area contributed by atoms with Crippen LogP contribution in [0.1, 0.15) is 16.7 Å². The van der Waals surface area contributed by atoms with Crippen molar-refractivity contribution in [2.45, 2.75) is 13.1 Å². The minimum atomic E-state index is -4.51. The summed E-state index contributed by atoms with van der Waals surface area (Å²) in [7, 11) is 0. The summed E-state index contributed by atoms with van der Waals surface area (Å²) in [4.78, 5) is 14.3. The molecule has 0 atom stereocenters. The Morgan fingerprint density at radius 1 is 0.943 bits per heavy atom. The highest BCUT2D eigenvalue weighted by Crippen LogP contribution is 2.38. The third-order valence-corrected chi connectivity index (χ3v) is 6.35. The van der Waals surface area contributed by atoms with Gasteiger partial charge in [-0.1, -0.05) is 59.9 Å². The molecule has 0 unspecified atom stereocenters. The Bertz CT molecular complexity index is 1260. The van der Waals surface area contributed by atoms with E-state index in [2.05, 4.69) is 0 Å². The first-order valence-electron chi connectivity index (χ1n) is 10.6. The second-order valence-corrected chi connectivity index (χ2v) is 9.32. The van der Waals surface area contributed by atoms with Gasteiger partial charge in [0.25, 0.3) is 5.91 Å². The van der Waals surface area contributed by atoms with Gasteiger partial charge in [-0.3, -0.25) is 9.69 Å². The second-order valence-electron chi connectivity index (χ2n) is 7.64. The Balaban J connectivity index is 1.37. The maximum Gasteiger partial charge on any atom is 0.416 e. The minimum absolute atomic E-state index is 0.0855. The molecule has 1 heterocycles. The molecule has 180 valence electrons. The van der Waals surface area contributed by atoms with E-state index in [9.17, 15) is 18.0 Å². The Kier molecular flexibility index (Phi) is 7.47. The standard InChI is InChI=1S/C26H20F3NO3S2/c1-17-5-9-21(10-6-17)32-13-14-33-22-11-7-18(8-12-22)15-23-24(31)30(25(34)35-23)20-4-2-3-19(16-20)26(27,28)29/h2-12,15-16H,13-14H2,1H3. The smallest absolute Gasteiger partial charge is 0.416 e. The second kappa shape index (κ2) is 10.5. The van der Waals surface area contributed by atoms with E-state index in [1.807, 2.05) is 31.2 Å². The third kappa shape index (κ3) is 6.23. The number of carbonyl (C=O) groups excluding carboxylic acids is 1. The van der Waals surface area contributed by atoms with Gasteiger partial charge in [0.1, 0.15) is 24.7 Å². The van der Waals surface area contributed by atoms with Crippen molar-refractivity contribution in [3.8, 4) is 11.5 Å². The molecule has 1 amide bonds. The van der Waals surface area contributed by atoms with Crippen LogP contribution in [0.4, 0.5) is 18.9 Å². The Morgan fingerprint density at radius 3 is 2.14 bits per heavy atom. The number of aryl methyl sites for hydroxylation is 1. The number of thiocarbonyl (C=S) groups is 1. The molecule has 0 aromatic heterocycles. The van der Waals surface area contributed by atoms with E-state index in [0.717, 1.165) is 45.7 Å². The number of anilines is 1. The van der Waals surface area contributed by atoms with Crippen molar-refractivity contribution in [3.63, 3.8) is 0 Å². The van der Waals surface area contributed by atoms with E-state index in [1.54, 1.807) is 30.3 Å². The van der Waals surface area contributed by atoms with Crippen molar-refractivity contribution in [1.82, 2.24) is 0 Å². The molecule has 0 bridgehead atoms. The zero-order valence-corrected chi connectivity index (χ0v) is 20.2. The van der Waals surface area contributed by atoms with Crippen molar-refractivity contribution >= 4 is 46.0 Å². The first-order chi connectivity index (χ1) is 16.7. The van der Waals surface area contributed by atoms with Crippen LogP contribution in [-0.2, 0) is 11.0 Å². The number of rotatable bonds is 7. The monoisotopic (exact) mass is 515 g/mol. The van der Waals surface area contributed by atoms with E-state index < -0.39 is 17.6 Å². The van der Waals surface area contributed by atoms with Gasteiger partial charge in [-0.2, -0.15) is 13.2 Å². The van der Waals surface area contributed by atoms with Crippen LogP contribution >= 0.6 is 24.0 Å². The van der Waals surface area contributed by atoms with Gasteiger partial charge in [0, 0.05) is 0 Å². The van der Waals surface area contributed by atoms with Gasteiger partial charge in [0.05, 0.1) is 16.2 Å². The molecule has 1 saturated heterocycles. The van der Waals surface area contributed by atoms with Gasteiger partial charge in [-0.25, -0.2) is 0 Å². The normalized spacial score (nSPS) is 15.1. The summed E-state index contributed by atoms with van der Waals surface area (Å²) in [5.74, 6) is 0.955. The van der Waals surface area contributed by atoms with E-state index in [1.165, 1.54) is 12.1 Å². The molecular formula is C26H20F3NO3S2. The molecule has 9 heteroatoms. The van der Waals surface area contributed by atoms with Crippen molar-refractivity contribution < 1.29 is 27.4 Å². The van der Waals surface area contributed by atoms with Crippen LogP contribution in [0.25, 0.3) is 6.08 Å². The van der Waals surface area contributed by atoms with Gasteiger partial charge >= 0.3 is 6.18 Å². The lowest BCUT2D eigenvalue weighted by atomic mass is 10.1. The molecule has 1 fully saturated rings. The molecular weight excluding hydrogens is 495 g/mol. The van der Waals surface area contributed by atoms with Gasteiger partial charge in [0.15, 0.2) is 4.32 Å². The summed E-state index contributed by atoms with van der Waals surface area (Å²) in [6, 6.07) is 19.4. The molecule has 4 rings (SSSR count). The molecule has 0 spiro atoms. The highest BCUT2D eigenvalue weighted by molar-refractivity contribution is 8.27. The predicted molar refractivity (Wildman–Crippen MR) is 136 cm³/mol. The zero-order valence-electron chi connectivity index (χ0n) is 18.5. The molecule has 0 N–H and O–H groups in total. The fourth-order valence-electron chi connectivity index (χ4n) is 3.28. The molecule has 1 aliphatic rings. The third-order valence-electron chi connectivity index (χ3n) is 5.05. The summed E-state index contributed by atoms with van der Waals surface area (Å²) < 4.78 is 50.7. The number of amides is 1. The van der Waals surface area contributed by atoms with Crippen LogP contribution < -0.4 is 14.4 Å². The van der Waals surface area contributed by atoms with Crippen molar-refractivity contribution in [2.24, 2.45) is 0 Å². The fraction of sp³-hybridized carbons (Fsp3) is 0.154. The minimum Gasteiger partial charge on any atom is -0.490 e. The van der Waals surface area contributed by atoms with Crippen molar-refractivity contribution in [1.29, 1.82) is 0 Å². The molecule has 3 aromatic rings. The quantitative estimate of drug-likeness (QED) is 0.195. The Labute approximate surface area is 210 Å². The molecule has 35 heavy (non-hydrogen) atoms. The van der Waals surface area contributed by atoms with Crippen LogP contribution in [0.5, 0.6) is 11.5 Å². The fourth-order valence-corrected chi connectivity index (χ4v) is 4.58. The van der Waals surface area contributed by atoms with E-state index in [-0.39, 0.29) is 10.0 Å². The van der Waals surface area contributed by atoms with Crippen LogP contribution in [-0.4, -0.2) is 23.4 Å². The molecule has 4 nitrogen and oxygen atoms in total. The highest BCUT2D eigenvalue weighted by Gasteiger charge is 2.36. The summed E-state index contributed by atoms with van der Waals surface area (Å²) in [5, 5.41) is 0. The number of thioether (sulfide) groups is 1. The maximum atomic E-state index is 13.1. The van der Waals surface area contributed by atoms with Gasteiger partial charge in [-0.15, -0.1) is 0 Å². The number of benzene rings is 3. The summed E-state index contributed by atoms with van der Waals surface area (Å²) in [6.45, 7) is 2.76. The Morgan fingerprint density at radius 2 is 1.54 bits per heavy atom. The van der Waals surface area contributed by atoms with E-state index >= 15 is 0 Å². The number of nitrogens with zero attached hydrogens (tertiary/aromatic N) is 1. The predicted octanol–water partition coefficient (Wildman–Crippen LogP) is 6.88. The van der Waals surface area contributed by atoms with E-state index in [0.29, 0.717) is 23.9 Å². The molecule has 0 aliphatic carbocycles. The van der Waals surface area contributed by atoms with Gasteiger partial charge in [-0.05, 0) is 61.0 Å². The van der Waals surface area contributed by atoms with E-state index in [4.69, 9.17) is 21.7 Å². The molecule has 0 radical (unpaired) electrons. The SMILES string of the molecule is Cc1ccc(OCCOc2ccc(C=C3SC(=S)N(c4cccc(C(F)(F)F)c4)C3=O)cc2)cc1. The van der Waals surface area contributed by atoms with Crippen LogP contribution in [0.3, 0.4) is 0 Å². The summed E-state index contributed by atoms with van der Waals surface area (Å²) in [6.07, 6.45) is -2.86. The number of ether oxygens (including phenoxy) is 2. The zero-order chi connectivity index (χ0) is 25.0. The number of hydrogen-bond acceptors (Lipinski definition) is 5. The van der Waals surface area contributed by atoms with Crippen LogP contribution in [0.2, 0.25) is 0 Å². The lowest BCUT2D eigenvalue weighted by Gasteiger charge is -2.16. The largest absolute Gasteiger partial charge is 0.490 e. The molecule has 3 aromatic carbocycles. The van der Waals surface area contributed by atoms with Crippen LogP contribution in [0, 0.1) is 6.92 Å². The average Bonchev–Trinajstić information content (AvgIpc) is 3.11. The lowest BCUT2D eigenvalue weighted by molar-refractivity contribution is -0.137. The van der Waals surface area contributed by atoms with Gasteiger partial charge in [0.2, 0.25) is 0 Å². The maximum absolute atomic E-state index is 13.1. The highest BCUT2D eigenvalue weighted by atomic mass is 32.2. The van der Waals surface area contributed by atoms with Crippen LogP contribution in [0.15, 0.2) is 77.7 Å². The number of hydrogen-bond donors (Lipinski definition) is 0. The Hall–Kier alpha value is -3.30. The number of halogens is 3. The summed E-state index contributed by atoms with van der Waals surface area (Å²) >= 11 is 6.31.